The van der Waals surface area contributed by atoms with E-state index in [-0.39, 0.29) is 12.5 Å². The number of hydrogen-bond donors (Lipinski definition) is 1. The summed E-state index contributed by atoms with van der Waals surface area (Å²) < 4.78 is 26.9. The number of anilines is 1. The van der Waals surface area contributed by atoms with E-state index < -0.39 is 10.0 Å². The summed E-state index contributed by atoms with van der Waals surface area (Å²) >= 11 is 0. The lowest BCUT2D eigenvalue weighted by molar-refractivity contribution is -0.117. The van der Waals surface area contributed by atoms with Gasteiger partial charge in [-0.25, -0.2) is 8.42 Å². The molecule has 3 aromatic carbocycles. The zero-order valence-electron chi connectivity index (χ0n) is 17.1. The van der Waals surface area contributed by atoms with E-state index in [9.17, 15) is 13.2 Å². The number of nitrogens with zero attached hydrogens (tertiary/aromatic N) is 2. The molecule has 0 aromatic heterocycles. The number of hydrogen-bond acceptors (Lipinski definition) is 4. The molecular formula is C24H25N3O3S. The van der Waals surface area contributed by atoms with Gasteiger partial charge in [0.1, 0.15) is 0 Å². The number of sulfonamides is 1. The summed E-state index contributed by atoms with van der Waals surface area (Å²) in [5, 5.41) is 2.92. The molecule has 1 amide bonds. The fourth-order valence-corrected chi connectivity index (χ4v) is 5.09. The second-order valence-electron chi connectivity index (χ2n) is 7.48. The summed E-state index contributed by atoms with van der Waals surface area (Å²) in [5.74, 6) is -0.105. The van der Waals surface area contributed by atoms with E-state index in [2.05, 4.69) is 5.32 Å². The third-order valence-corrected chi connectivity index (χ3v) is 7.27. The third kappa shape index (κ3) is 5.19. The lowest BCUT2D eigenvalue weighted by Gasteiger charge is -2.33. The van der Waals surface area contributed by atoms with Gasteiger partial charge in [-0.3, -0.25) is 9.69 Å². The standard InChI is InChI=1S/C24H25N3O3S/c28-24(25-22-13-11-21(12-14-22)20-7-3-1-4-8-20)19-26-15-17-27(18-16-26)31(29,30)23-9-5-2-6-10-23/h1-14H,15-19H2,(H,25,28). The fraction of sp³-hybridized carbons (Fsp3) is 0.208. The summed E-state index contributed by atoms with van der Waals surface area (Å²) in [5.41, 5.74) is 2.97. The highest BCUT2D eigenvalue weighted by Crippen LogP contribution is 2.21. The molecule has 1 N–H and O–H groups in total. The first kappa shape index (κ1) is 21.2. The number of carbonyl (C=O) groups excluding carboxylic acids is 1. The first-order valence-corrected chi connectivity index (χ1v) is 11.7. The topological polar surface area (TPSA) is 69.7 Å². The van der Waals surface area contributed by atoms with Gasteiger partial charge < -0.3 is 5.32 Å². The van der Waals surface area contributed by atoms with Gasteiger partial charge in [0.25, 0.3) is 0 Å². The van der Waals surface area contributed by atoms with Crippen molar-refractivity contribution in [2.24, 2.45) is 0 Å². The maximum atomic E-state index is 12.7. The van der Waals surface area contributed by atoms with Crippen molar-refractivity contribution in [3.05, 3.63) is 84.9 Å². The van der Waals surface area contributed by atoms with Gasteiger partial charge in [0.2, 0.25) is 15.9 Å². The van der Waals surface area contributed by atoms with Crippen molar-refractivity contribution in [2.45, 2.75) is 4.90 Å². The van der Waals surface area contributed by atoms with Gasteiger partial charge in [0.15, 0.2) is 0 Å². The van der Waals surface area contributed by atoms with Crippen molar-refractivity contribution >= 4 is 21.6 Å². The molecule has 7 heteroatoms. The van der Waals surface area contributed by atoms with Crippen LogP contribution in [0.15, 0.2) is 89.8 Å². The summed E-state index contributed by atoms with van der Waals surface area (Å²) in [7, 11) is -3.48. The molecule has 0 saturated carbocycles. The highest BCUT2D eigenvalue weighted by molar-refractivity contribution is 7.89. The number of rotatable bonds is 6. The van der Waals surface area contributed by atoms with Crippen molar-refractivity contribution in [1.29, 1.82) is 0 Å². The Morgan fingerprint density at radius 2 is 1.29 bits per heavy atom. The molecule has 1 fully saturated rings. The minimum absolute atomic E-state index is 0.105. The average molecular weight is 436 g/mol. The van der Waals surface area contributed by atoms with E-state index >= 15 is 0 Å². The van der Waals surface area contributed by atoms with Gasteiger partial charge in [-0.15, -0.1) is 0 Å². The lowest BCUT2D eigenvalue weighted by atomic mass is 10.1. The second-order valence-corrected chi connectivity index (χ2v) is 9.42. The lowest BCUT2D eigenvalue weighted by Crippen LogP contribution is -2.50. The van der Waals surface area contributed by atoms with Crippen LogP contribution in [0.3, 0.4) is 0 Å². The smallest absolute Gasteiger partial charge is 0.243 e. The monoisotopic (exact) mass is 435 g/mol. The van der Waals surface area contributed by atoms with Crippen LogP contribution in [-0.2, 0) is 14.8 Å². The minimum atomic E-state index is -3.48. The van der Waals surface area contributed by atoms with Gasteiger partial charge in [0.05, 0.1) is 11.4 Å². The summed E-state index contributed by atoms with van der Waals surface area (Å²) in [6.07, 6.45) is 0. The molecule has 31 heavy (non-hydrogen) atoms. The van der Waals surface area contributed by atoms with Crippen molar-refractivity contribution in [2.75, 3.05) is 38.0 Å². The van der Waals surface area contributed by atoms with Crippen LogP contribution in [0.5, 0.6) is 0 Å². The van der Waals surface area contributed by atoms with Gasteiger partial charge in [-0.2, -0.15) is 4.31 Å². The predicted octanol–water partition coefficient (Wildman–Crippen LogP) is 3.30. The molecule has 0 spiro atoms. The Morgan fingerprint density at radius 3 is 1.90 bits per heavy atom. The molecule has 1 saturated heterocycles. The van der Waals surface area contributed by atoms with Crippen LogP contribution in [-0.4, -0.2) is 56.3 Å². The molecule has 0 radical (unpaired) electrons. The molecular weight excluding hydrogens is 410 g/mol. The SMILES string of the molecule is O=C(CN1CCN(S(=O)(=O)c2ccccc2)CC1)Nc1ccc(-c2ccccc2)cc1. The van der Waals surface area contributed by atoms with Gasteiger partial charge >= 0.3 is 0 Å². The molecule has 160 valence electrons. The van der Waals surface area contributed by atoms with E-state index in [0.29, 0.717) is 31.1 Å². The molecule has 1 aliphatic rings. The molecule has 1 aliphatic heterocycles. The highest BCUT2D eigenvalue weighted by Gasteiger charge is 2.28. The van der Waals surface area contributed by atoms with Gasteiger partial charge in [0, 0.05) is 31.9 Å². The van der Waals surface area contributed by atoms with Crippen molar-refractivity contribution < 1.29 is 13.2 Å². The van der Waals surface area contributed by atoms with Crippen molar-refractivity contribution in [1.82, 2.24) is 9.21 Å². The van der Waals surface area contributed by atoms with Crippen LogP contribution < -0.4 is 5.32 Å². The van der Waals surface area contributed by atoms with E-state index in [0.717, 1.165) is 16.8 Å². The van der Waals surface area contributed by atoms with Crippen molar-refractivity contribution in [3.63, 3.8) is 0 Å². The van der Waals surface area contributed by atoms with E-state index in [1.807, 2.05) is 59.5 Å². The molecule has 4 rings (SSSR count). The first-order valence-electron chi connectivity index (χ1n) is 10.3. The Labute approximate surface area is 183 Å². The zero-order chi connectivity index (χ0) is 21.7. The normalized spacial score (nSPS) is 15.5. The van der Waals surface area contributed by atoms with Crippen LogP contribution >= 0.6 is 0 Å². The minimum Gasteiger partial charge on any atom is -0.325 e. The van der Waals surface area contributed by atoms with E-state index in [1.54, 1.807) is 30.3 Å². The highest BCUT2D eigenvalue weighted by atomic mass is 32.2. The molecule has 1 heterocycles. The predicted molar refractivity (Wildman–Crippen MR) is 122 cm³/mol. The molecule has 0 unspecified atom stereocenters. The van der Waals surface area contributed by atoms with E-state index in [1.165, 1.54) is 4.31 Å². The van der Waals surface area contributed by atoms with Crippen LogP contribution in [0.4, 0.5) is 5.69 Å². The molecule has 0 aliphatic carbocycles. The van der Waals surface area contributed by atoms with Crippen molar-refractivity contribution in [3.8, 4) is 11.1 Å². The number of piperazine rings is 1. The summed E-state index contributed by atoms with van der Waals surface area (Å²) in [6.45, 7) is 2.02. The zero-order valence-corrected chi connectivity index (χ0v) is 18.0. The Hall–Kier alpha value is -3.00. The summed E-state index contributed by atoms with van der Waals surface area (Å²) in [4.78, 5) is 14.7. The first-order chi connectivity index (χ1) is 15.0. The maximum Gasteiger partial charge on any atom is 0.243 e. The quantitative estimate of drug-likeness (QED) is 0.645. The Morgan fingerprint density at radius 1 is 0.742 bits per heavy atom. The Balaban J connectivity index is 1.28. The van der Waals surface area contributed by atoms with Gasteiger partial charge in [-0.05, 0) is 35.4 Å². The largest absolute Gasteiger partial charge is 0.325 e. The molecule has 6 nitrogen and oxygen atoms in total. The van der Waals surface area contributed by atoms with Crippen LogP contribution in [0.25, 0.3) is 11.1 Å². The summed E-state index contributed by atoms with van der Waals surface area (Å²) in [6, 6.07) is 26.3. The average Bonchev–Trinajstić information content (AvgIpc) is 2.81. The van der Waals surface area contributed by atoms with Gasteiger partial charge in [-0.1, -0.05) is 60.7 Å². The number of benzene rings is 3. The third-order valence-electron chi connectivity index (χ3n) is 5.36. The molecule has 0 atom stereocenters. The maximum absolute atomic E-state index is 12.7. The van der Waals surface area contributed by atoms with Crippen LogP contribution in [0.2, 0.25) is 0 Å². The van der Waals surface area contributed by atoms with E-state index in [4.69, 9.17) is 0 Å². The van der Waals surface area contributed by atoms with Crippen LogP contribution in [0, 0.1) is 0 Å². The molecule has 3 aromatic rings. The fourth-order valence-electron chi connectivity index (χ4n) is 3.65. The molecule has 0 bridgehead atoms. The number of nitrogens with one attached hydrogen (secondary N) is 1. The Bertz CT molecular complexity index is 1110. The van der Waals surface area contributed by atoms with Crippen LogP contribution in [0.1, 0.15) is 0 Å². The second kappa shape index (κ2) is 9.43. The number of carbonyl (C=O) groups is 1. The number of amides is 1. The Kier molecular flexibility index (Phi) is 6.46.